The van der Waals surface area contributed by atoms with E-state index in [1.165, 1.54) is 4.57 Å². The number of halogens is 3. The van der Waals surface area contributed by atoms with Crippen molar-refractivity contribution in [1.82, 2.24) is 19.8 Å². The maximum Gasteiger partial charge on any atom is 0.406 e. The highest BCUT2D eigenvalue weighted by atomic mass is 19.4. The zero-order valence-electron chi connectivity index (χ0n) is 25.3. The Morgan fingerprint density at radius 3 is 2.60 bits per heavy atom. The number of anilines is 2. The zero-order chi connectivity index (χ0) is 32.6. The molecule has 0 aliphatic carbocycles. The molecule has 1 aliphatic heterocycles. The minimum Gasteiger partial charge on any atom is -0.394 e. The van der Waals surface area contributed by atoms with Gasteiger partial charge in [-0.3, -0.25) is 14.7 Å². The second-order valence-electron chi connectivity index (χ2n) is 11.6. The molecule has 1 aromatic carbocycles. The number of nitriles is 1. The highest BCUT2D eigenvalue weighted by Gasteiger charge is 2.30. The molecule has 10 nitrogen and oxygen atoms in total. The number of nitrogens with zero attached hydrogens (tertiary/aromatic N) is 4. The van der Waals surface area contributed by atoms with E-state index in [1.54, 1.807) is 50.4 Å². The largest absolute Gasteiger partial charge is 0.406 e. The number of fused-ring (bicyclic) bond motifs is 1. The van der Waals surface area contributed by atoms with Gasteiger partial charge in [0.25, 0.3) is 0 Å². The van der Waals surface area contributed by atoms with Crippen molar-refractivity contribution in [3.05, 3.63) is 54.0 Å². The highest BCUT2D eigenvalue weighted by molar-refractivity contribution is 5.94. The number of piperidine rings is 1. The Labute approximate surface area is 260 Å². The van der Waals surface area contributed by atoms with Crippen LogP contribution in [0.1, 0.15) is 38.1 Å². The average molecular weight is 626 g/mol. The van der Waals surface area contributed by atoms with Crippen molar-refractivity contribution in [1.29, 1.82) is 5.26 Å². The fourth-order valence-corrected chi connectivity index (χ4v) is 5.08. The topological polar surface area (TPSA) is 138 Å². The molecular formula is C32H38F3N7O3. The monoisotopic (exact) mass is 625 g/mol. The number of hydrogen-bond donors (Lipinski definition) is 5. The predicted octanol–water partition coefficient (Wildman–Crippen LogP) is 3.21. The fourth-order valence-electron chi connectivity index (χ4n) is 5.08. The summed E-state index contributed by atoms with van der Waals surface area (Å²) < 4.78 is 42.0. The fraction of sp³-hybridized carbons (Fsp3) is 0.469. The summed E-state index contributed by atoms with van der Waals surface area (Å²) >= 11 is 0. The van der Waals surface area contributed by atoms with Crippen LogP contribution in [0.3, 0.4) is 0 Å². The molecule has 1 fully saturated rings. The minimum absolute atomic E-state index is 0.0116. The van der Waals surface area contributed by atoms with Crippen LogP contribution in [-0.2, 0) is 16.8 Å². The van der Waals surface area contributed by atoms with E-state index < -0.39 is 30.8 Å². The lowest BCUT2D eigenvalue weighted by Gasteiger charge is -2.32. The van der Waals surface area contributed by atoms with E-state index in [4.69, 9.17) is 5.11 Å². The van der Waals surface area contributed by atoms with E-state index in [0.29, 0.717) is 35.4 Å². The van der Waals surface area contributed by atoms with E-state index >= 15 is 0 Å². The molecule has 1 saturated heterocycles. The molecule has 1 amide bonds. The number of pyridine rings is 1. The van der Waals surface area contributed by atoms with Crippen molar-refractivity contribution in [2.24, 2.45) is 0 Å². The average Bonchev–Trinajstić information content (AvgIpc) is 3.35. The number of carbonyl (C=O) groups excluding carboxylic acids is 1. The summed E-state index contributed by atoms with van der Waals surface area (Å²) in [6, 6.07) is 12.7. The quantitative estimate of drug-likeness (QED) is 0.205. The number of likely N-dealkylation sites (tertiary alicyclic amines) is 1. The molecule has 1 atom stereocenters. The van der Waals surface area contributed by atoms with Gasteiger partial charge in [-0.05, 0) is 62.9 Å². The van der Waals surface area contributed by atoms with Crippen LogP contribution in [0.25, 0.3) is 10.9 Å². The van der Waals surface area contributed by atoms with Crippen LogP contribution in [0.2, 0.25) is 0 Å². The Morgan fingerprint density at radius 1 is 1.20 bits per heavy atom. The first-order valence-corrected chi connectivity index (χ1v) is 14.7. The maximum atomic E-state index is 13.6. The number of aliphatic hydroxyl groups excluding tert-OH is 2. The smallest absolute Gasteiger partial charge is 0.394 e. The van der Waals surface area contributed by atoms with Gasteiger partial charge in [0.1, 0.15) is 6.54 Å². The SMILES string of the molecule is CC(C)(C#N)c1ccc(NCC#Cc2cc3c(NC4CCN(CC(=O)NCC(O)CO)CC4)cccc3n2CC(F)(F)F)cn1. The molecule has 4 rings (SSSR count). The number of alkyl halides is 3. The summed E-state index contributed by atoms with van der Waals surface area (Å²) in [6.07, 6.45) is -2.38. The van der Waals surface area contributed by atoms with Gasteiger partial charge < -0.3 is 30.7 Å². The Hall–Kier alpha value is -4.30. The summed E-state index contributed by atoms with van der Waals surface area (Å²) in [5.74, 6) is 5.59. The van der Waals surface area contributed by atoms with Gasteiger partial charge in [-0.1, -0.05) is 12.0 Å². The predicted molar refractivity (Wildman–Crippen MR) is 165 cm³/mol. The molecule has 1 unspecified atom stereocenters. The summed E-state index contributed by atoms with van der Waals surface area (Å²) in [5.41, 5.74) is 1.98. The molecule has 2 aromatic heterocycles. The van der Waals surface area contributed by atoms with Crippen LogP contribution < -0.4 is 16.0 Å². The van der Waals surface area contributed by atoms with Crippen LogP contribution in [0.5, 0.6) is 0 Å². The van der Waals surface area contributed by atoms with E-state index in [9.17, 15) is 28.3 Å². The van der Waals surface area contributed by atoms with Crippen molar-refractivity contribution in [2.75, 3.05) is 50.0 Å². The number of nitrogens with one attached hydrogen (secondary N) is 3. The lowest BCUT2D eigenvalue weighted by atomic mass is 9.91. The van der Waals surface area contributed by atoms with Crippen molar-refractivity contribution in [3.8, 4) is 17.9 Å². The van der Waals surface area contributed by atoms with Crippen molar-refractivity contribution >= 4 is 28.2 Å². The first kappa shape index (κ1) is 33.6. The minimum atomic E-state index is -4.44. The Morgan fingerprint density at radius 2 is 1.96 bits per heavy atom. The van der Waals surface area contributed by atoms with Gasteiger partial charge in [0.2, 0.25) is 5.91 Å². The molecule has 5 N–H and O–H groups in total. The summed E-state index contributed by atoms with van der Waals surface area (Å²) in [5, 5.41) is 37.4. The van der Waals surface area contributed by atoms with E-state index in [1.807, 2.05) is 11.0 Å². The first-order valence-electron chi connectivity index (χ1n) is 14.7. The number of benzene rings is 1. The summed E-state index contributed by atoms with van der Waals surface area (Å²) in [7, 11) is 0. The molecule has 3 heterocycles. The standard InChI is InChI=1S/C32H38F3N7O3/c1-31(2,20-36)29-9-8-23(16-38-29)37-12-4-5-24-15-26-27(6-3-7-28(26)42(24)21-32(33,34)35)40-22-10-13-41(14-11-22)18-30(45)39-17-25(44)19-43/h3,6-9,15-16,22,25,37,40,43-44H,10-14,17-19,21H2,1-2H3,(H,39,45). The van der Waals surface area contributed by atoms with Crippen molar-refractivity contribution < 1.29 is 28.2 Å². The number of aliphatic hydroxyl groups is 2. The number of rotatable bonds is 11. The Balaban J connectivity index is 1.43. The van der Waals surface area contributed by atoms with Crippen LogP contribution in [0.4, 0.5) is 24.5 Å². The summed E-state index contributed by atoms with van der Waals surface area (Å²) in [6.45, 7) is 3.60. The van der Waals surface area contributed by atoms with E-state index in [2.05, 4.69) is 38.8 Å². The molecule has 0 spiro atoms. The van der Waals surface area contributed by atoms with Gasteiger partial charge in [-0.15, -0.1) is 0 Å². The molecule has 1 aliphatic rings. The van der Waals surface area contributed by atoms with Gasteiger partial charge in [-0.2, -0.15) is 18.4 Å². The highest BCUT2D eigenvalue weighted by Crippen LogP contribution is 2.31. The number of aromatic nitrogens is 2. The maximum absolute atomic E-state index is 13.6. The van der Waals surface area contributed by atoms with Crippen LogP contribution in [0.15, 0.2) is 42.6 Å². The molecule has 0 saturated carbocycles. The van der Waals surface area contributed by atoms with Crippen LogP contribution in [0, 0.1) is 23.2 Å². The number of carbonyl (C=O) groups is 1. The van der Waals surface area contributed by atoms with Gasteiger partial charge in [0.05, 0.1) is 66.1 Å². The van der Waals surface area contributed by atoms with Gasteiger partial charge >= 0.3 is 6.18 Å². The molecule has 240 valence electrons. The summed E-state index contributed by atoms with van der Waals surface area (Å²) in [4.78, 5) is 18.5. The first-order chi connectivity index (χ1) is 21.4. The van der Waals surface area contributed by atoms with E-state index in [0.717, 1.165) is 18.5 Å². The lowest BCUT2D eigenvalue weighted by molar-refractivity contribution is -0.140. The molecule has 3 aromatic rings. The number of amides is 1. The van der Waals surface area contributed by atoms with Gasteiger partial charge in [0.15, 0.2) is 0 Å². The molecule has 0 radical (unpaired) electrons. The zero-order valence-corrected chi connectivity index (χ0v) is 25.3. The molecule has 0 bridgehead atoms. The third kappa shape index (κ3) is 9.35. The van der Waals surface area contributed by atoms with Gasteiger partial charge in [0, 0.05) is 36.7 Å². The molecular weight excluding hydrogens is 587 g/mol. The lowest BCUT2D eigenvalue weighted by Crippen LogP contribution is -2.45. The Kier molecular flexibility index (Phi) is 10.9. The van der Waals surface area contributed by atoms with Gasteiger partial charge in [-0.25, -0.2) is 0 Å². The molecule has 45 heavy (non-hydrogen) atoms. The van der Waals surface area contributed by atoms with Crippen LogP contribution in [-0.4, -0.2) is 88.2 Å². The van der Waals surface area contributed by atoms with E-state index in [-0.39, 0.29) is 37.3 Å². The second-order valence-corrected chi connectivity index (χ2v) is 11.6. The third-order valence-corrected chi connectivity index (χ3v) is 7.62. The third-order valence-electron chi connectivity index (χ3n) is 7.62. The Bertz CT molecular complexity index is 1560. The number of hydrogen-bond acceptors (Lipinski definition) is 8. The molecule has 13 heteroatoms. The normalized spacial score (nSPS) is 15.2. The second kappa shape index (κ2) is 14.7. The van der Waals surface area contributed by atoms with Crippen LogP contribution >= 0.6 is 0 Å². The van der Waals surface area contributed by atoms with Crippen molar-refractivity contribution in [2.45, 2.75) is 57.0 Å². The van der Waals surface area contributed by atoms with Crippen molar-refractivity contribution in [3.63, 3.8) is 0 Å².